The van der Waals surface area contributed by atoms with Crippen molar-refractivity contribution >= 4 is 22.4 Å². The average molecular weight is 409 g/mol. The molecular weight excluding hydrogens is 383 g/mol. The van der Waals surface area contributed by atoms with Gasteiger partial charge in [0.2, 0.25) is 5.91 Å². The van der Waals surface area contributed by atoms with E-state index in [1.165, 1.54) is 35.5 Å². The number of rotatable bonds is 6. The Balaban J connectivity index is 1.57. The molecule has 0 saturated heterocycles. The van der Waals surface area contributed by atoms with Crippen LogP contribution in [-0.2, 0) is 11.2 Å². The Kier molecular flexibility index (Phi) is 6.35. The predicted molar refractivity (Wildman–Crippen MR) is 117 cm³/mol. The molecule has 1 heterocycles. The van der Waals surface area contributed by atoms with Gasteiger partial charge in [-0.1, -0.05) is 49.6 Å². The highest BCUT2D eigenvalue weighted by atomic mass is 32.1. The van der Waals surface area contributed by atoms with Crippen molar-refractivity contribution in [3.63, 3.8) is 0 Å². The zero-order chi connectivity index (χ0) is 20.1. The smallest absolute Gasteiger partial charge is 0.231 e. The topological polar surface area (TPSA) is 33.2 Å². The summed E-state index contributed by atoms with van der Waals surface area (Å²) in [5, 5.41) is 2.68. The summed E-state index contributed by atoms with van der Waals surface area (Å²) in [6, 6.07) is 16.6. The van der Waals surface area contributed by atoms with E-state index >= 15 is 0 Å². The Morgan fingerprint density at radius 2 is 1.76 bits per heavy atom. The summed E-state index contributed by atoms with van der Waals surface area (Å²) >= 11 is 1.48. The van der Waals surface area contributed by atoms with Crippen molar-refractivity contribution in [1.82, 2.24) is 4.98 Å². The molecule has 5 heteroatoms. The first-order valence-corrected chi connectivity index (χ1v) is 11.2. The molecule has 3 aromatic rings. The second-order valence-corrected chi connectivity index (χ2v) is 8.42. The quantitative estimate of drug-likeness (QED) is 0.493. The molecule has 3 nitrogen and oxygen atoms in total. The van der Waals surface area contributed by atoms with E-state index in [4.69, 9.17) is 4.98 Å². The van der Waals surface area contributed by atoms with Crippen molar-refractivity contribution in [2.75, 3.05) is 11.4 Å². The third-order valence-electron chi connectivity index (χ3n) is 5.55. The first-order valence-electron chi connectivity index (χ1n) is 10.3. The molecule has 0 unspecified atom stereocenters. The summed E-state index contributed by atoms with van der Waals surface area (Å²) in [4.78, 5) is 20.0. The standard InChI is InChI=1S/C24H25FN2OS/c25-21-13-11-19(12-14-21)22-17-29-24(26-22)27(16-15-18-7-3-1-4-8-18)23(28)20-9-5-2-6-10-20/h1,3-4,7-8,11-14,17,20H,2,5-6,9-10,15-16H2. The van der Waals surface area contributed by atoms with Crippen molar-refractivity contribution in [2.24, 2.45) is 5.92 Å². The molecule has 1 aromatic heterocycles. The van der Waals surface area contributed by atoms with Gasteiger partial charge in [0.15, 0.2) is 5.13 Å². The van der Waals surface area contributed by atoms with E-state index in [-0.39, 0.29) is 17.6 Å². The molecule has 1 fully saturated rings. The molecule has 0 bridgehead atoms. The number of halogens is 1. The molecule has 0 atom stereocenters. The number of carbonyl (C=O) groups is 1. The van der Waals surface area contributed by atoms with Crippen LogP contribution in [0.2, 0.25) is 0 Å². The van der Waals surface area contributed by atoms with Crippen molar-refractivity contribution in [3.05, 3.63) is 71.4 Å². The van der Waals surface area contributed by atoms with Gasteiger partial charge in [-0.3, -0.25) is 9.69 Å². The number of anilines is 1. The molecule has 2 aromatic carbocycles. The molecule has 0 aliphatic heterocycles. The predicted octanol–water partition coefficient (Wildman–Crippen LogP) is 6.11. The lowest BCUT2D eigenvalue weighted by atomic mass is 9.88. The van der Waals surface area contributed by atoms with Crippen LogP contribution in [0.1, 0.15) is 37.7 Å². The van der Waals surface area contributed by atoms with Gasteiger partial charge < -0.3 is 0 Å². The largest absolute Gasteiger partial charge is 0.288 e. The lowest BCUT2D eigenvalue weighted by molar-refractivity contribution is -0.123. The summed E-state index contributed by atoms with van der Waals surface area (Å²) in [6.07, 6.45) is 6.21. The molecule has 0 radical (unpaired) electrons. The summed E-state index contributed by atoms with van der Waals surface area (Å²) in [6.45, 7) is 0.621. The number of nitrogens with zero attached hydrogens (tertiary/aromatic N) is 2. The fourth-order valence-corrected chi connectivity index (χ4v) is 4.76. The number of benzene rings is 2. The summed E-state index contributed by atoms with van der Waals surface area (Å²) in [7, 11) is 0. The Morgan fingerprint density at radius 1 is 1.03 bits per heavy atom. The highest BCUT2D eigenvalue weighted by Crippen LogP contribution is 2.32. The van der Waals surface area contributed by atoms with Crippen LogP contribution in [0.15, 0.2) is 60.0 Å². The number of carbonyl (C=O) groups excluding carboxylic acids is 1. The van der Waals surface area contributed by atoms with Crippen LogP contribution in [-0.4, -0.2) is 17.4 Å². The number of aromatic nitrogens is 1. The zero-order valence-electron chi connectivity index (χ0n) is 16.4. The first-order chi connectivity index (χ1) is 14.2. The van der Waals surface area contributed by atoms with Gasteiger partial charge >= 0.3 is 0 Å². The van der Waals surface area contributed by atoms with Gasteiger partial charge in [0.05, 0.1) is 5.69 Å². The third-order valence-corrected chi connectivity index (χ3v) is 6.41. The van der Waals surface area contributed by atoms with Crippen LogP contribution in [0, 0.1) is 11.7 Å². The molecule has 150 valence electrons. The Hall–Kier alpha value is -2.53. The van der Waals surface area contributed by atoms with Crippen molar-refractivity contribution in [1.29, 1.82) is 0 Å². The van der Waals surface area contributed by atoms with Crippen molar-refractivity contribution < 1.29 is 9.18 Å². The van der Waals surface area contributed by atoms with Gasteiger partial charge in [-0.05, 0) is 49.1 Å². The van der Waals surface area contributed by atoms with Gasteiger partial charge in [-0.25, -0.2) is 9.37 Å². The molecule has 1 saturated carbocycles. The number of thiazole rings is 1. The second-order valence-electron chi connectivity index (χ2n) is 7.58. The van der Waals surface area contributed by atoms with E-state index in [0.29, 0.717) is 6.54 Å². The first kappa shape index (κ1) is 19.8. The summed E-state index contributed by atoms with van der Waals surface area (Å²) in [5.74, 6) is 0.0273. The minimum atomic E-state index is -0.263. The van der Waals surface area contributed by atoms with E-state index in [0.717, 1.165) is 48.5 Å². The Bertz CT molecular complexity index is 933. The van der Waals surface area contributed by atoms with Gasteiger partial charge in [0.1, 0.15) is 5.82 Å². The zero-order valence-corrected chi connectivity index (χ0v) is 17.2. The maximum absolute atomic E-state index is 13.4. The molecule has 0 N–H and O–H groups in total. The van der Waals surface area contributed by atoms with E-state index in [1.807, 2.05) is 28.5 Å². The van der Waals surface area contributed by atoms with Crippen LogP contribution in [0.5, 0.6) is 0 Å². The van der Waals surface area contributed by atoms with Crippen LogP contribution in [0.25, 0.3) is 11.3 Å². The highest BCUT2D eigenvalue weighted by Gasteiger charge is 2.28. The molecule has 0 spiro atoms. The fourth-order valence-electron chi connectivity index (χ4n) is 3.90. The SMILES string of the molecule is O=C(C1CCCCC1)N(CCc1ccccc1)c1nc(-c2ccc(F)cc2)cs1. The minimum Gasteiger partial charge on any atom is -0.288 e. The van der Waals surface area contributed by atoms with E-state index in [9.17, 15) is 9.18 Å². The van der Waals surface area contributed by atoms with E-state index < -0.39 is 0 Å². The average Bonchev–Trinajstić information content (AvgIpc) is 3.25. The Morgan fingerprint density at radius 3 is 2.48 bits per heavy atom. The summed E-state index contributed by atoms with van der Waals surface area (Å²) < 4.78 is 13.2. The highest BCUT2D eigenvalue weighted by molar-refractivity contribution is 7.14. The molecular formula is C24H25FN2OS. The Labute approximate surface area is 175 Å². The molecule has 29 heavy (non-hydrogen) atoms. The molecule has 1 aliphatic carbocycles. The van der Waals surface area contributed by atoms with Crippen LogP contribution < -0.4 is 4.90 Å². The lowest BCUT2D eigenvalue weighted by Crippen LogP contribution is -2.38. The number of hydrogen-bond acceptors (Lipinski definition) is 3. The van der Waals surface area contributed by atoms with E-state index in [2.05, 4.69) is 12.1 Å². The number of hydrogen-bond donors (Lipinski definition) is 0. The monoisotopic (exact) mass is 408 g/mol. The van der Waals surface area contributed by atoms with Crippen LogP contribution in [0.3, 0.4) is 0 Å². The lowest BCUT2D eigenvalue weighted by Gasteiger charge is -2.27. The number of amides is 1. The van der Waals surface area contributed by atoms with Crippen molar-refractivity contribution in [3.8, 4) is 11.3 Å². The fraction of sp³-hybridized carbons (Fsp3) is 0.333. The minimum absolute atomic E-state index is 0.0951. The third kappa shape index (κ3) is 4.91. The maximum atomic E-state index is 13.4. The van der Waals surface area contributed by atoms with Gasteiger partial charge in [-0.2, -0.15) is 0 Å². The maximum Gasteiger partial charge on any atom is 0.231 e. The van der Waals surface area contributed by atoms with Crippen molar-refractivity contribution in [2.45, 2.75) is 38.5 Å². The van der Waals surface area contributed by atoms with Gasteiger partial charge in [0.25, 0.3) is 0 Å². The molecule has 4 rings (SSSR count). The van der Waals surface area contributed by atoms with Crippen LogP contribution in [0.4, 0.5) is 9.52 Å². The van der Waals surface area contributed by atoms with E-state index in [1.54, 1.807) is 12.1 Å². The van der Waals surface area contributed by atoms with Gasteiger partial charge in [0, 0.05) is 23.4 Å². The van der Waals surface area contributed by atoms with Gasteiger partial charge in [-0.15, -0.1) is 11.3 Å². The molecule has 1 amide bonds. The van der Waals surface area contributed by atoms with Crippen LogP contribution >= 0.6 is 11.3 Å². The molecule has 1 aliphatic rings. The normalized spacial score (nSPS) is 14.7. The second kappa shape index (κ2) is 9.31. The summed E-state index contributed by atoms with van der Waals surface area (Å²) in [5.41, 5.74) is 2.86.